The van der Waals surface area contributed by atoms with Crippen LogP contribution in [0.1, 0.15) is 11.1 Å². The number of para-hydroxylation sites is 1. The predicted octanol–water partition coefficient (Wildman–Crippen LogP) is 4.67. The Morgan fingerprint density at radius 1 is 1.15 bits per heavy atom. The summed E-state index contributed by atoms with van der Waals surface area (Å²) in [6, 6.07) is 13.2. The van der Waals surface area contributed by atoms with E-state index < -0.39 is 0 Å². The van der Waals surface area contributed by atoms with Gasteiger partial charge in [-0.25, -0.2) is 0 Å². The molecule has 0 heterocycles. The maximum Gasteiger partial charge on any atom is 0.148 e. The maximum atomic E-state index is 8.95. The zero-order valence-electron chi connectivity index (χ0n) is 10.7. The Bertz CT molecular complexity index is 645. The fourth-order valence-electron chi connectivity index (χ4n) is 1.69. The largest absolute Gasteiger partial charge is 0.495 e. The number of halogens is 2. The SMILES string of the molecule is COc1cc(COc2c(Br)cccc2Br)ccc1C#N. The standard InChI is InChI=1S/C15H11Br2NO2/c1-19-14-7-10(5-6-11(14)8-18)9-20-15-12(16)3-2-4-13(15)17/h2-7H,9H2,1H3. The van der Waals surface area contributed by atoms with Gasteiger partial charge in [-0.1, -0.05) is 12.1 Å². The molecule has 0 aliphatic carbocycles. The summed E-state index contributed by atoms with van der Waals surface area (Å²) in [6.45, 7) is 0.392. The van der Waals surface area contributed by atoms with Crippen molar-refractivity contribution >= 4 is 31.9 Å². The lowest BCUT2D eigenvalue weighted by atomic mass is 10.1. The van der Waals surface area contributed by atoms with Gasteiger partial charge in [0.2, 0.25) is 0 Å². The second kappa shape index (κ2) is 6.78. The molecule has 0 aliphatic rings. The summed E-state index contributed by atoms with van der Waals surface area (Å²) >= 11 is 6.90. The lowest BCUT2D eigenvalue weighted by Crippen LogP contribution is -1.98. The van der Waals surface area contributed by atoms with Gasteiger partial charge in [-0.15, -0.1) is 0 Å². The minimum atomic E-state index is 0.392. The lowest BCUT2D eigenvalue weighted by molar-refractivity contribution is 0.301. The van der Waals surface area contributed by atoms with Crippen LogP contribution in [-0.2, 0) is 6.61 Å². The number of ether oxygens (including phenoxy) is 2. The zero-order chi connectivity index (χ0) is 14.5. The molecule has 0 N–H and O–H groups in total. The van der Waals surface area contributed by atoms with Gasteiger partial charge in [-0.3, -0.25) is 0 Å². The van der Waals surface area contributed by atoms with E-state index in [4.69, 9.17) is 14.7 Å². The minimum absolute atomic E-state index is 0.392. The van der Waals surface area contributed by atoms with E-state index in [9.17, 15) is 0 Å². The molecule has 0 unspecified atom stereocenters. The van der Waals surface area contributed by atoms with E-state index in [1.54, 1.807) is 13.2 Å². The number of hydrogen-bond acceptors (Lipinski definition) is 3. The fraction of sp³-hybridized carbons (Fsp3) is 0.133. The molecule has 0 bridgehead atoms. The van der Waals surface area contributed by atoms with E-state index in [1.165, 1.54) is 0 Å². The van der Waals surface area contributed by atoms with Crippen molar-refractivity contribution in [2.24, 2.45) is 0 Å². The highest BCUT2D eigenvalue weighted by atomic mass is 79.9. The number of nitriles is 1. The van der Waals surface area contributed by atoms with Crippen LogP contribution in [0.3, 0.4) is 0 Å². The monoisotopic (exact) mass is 395 g/mol. The molecule has 0 saturated heterocycles. The second-order valence-electron chi connectivity index (χ2n) is 3.99. The van der Waals surface area contributed by atoms with Crippen LogP contribution in [0.2, 0.25) is 0 Å². The first-order valence-electron chi connectivity index (χ1n) is 5.79. The number of methoxy groups -OCH3 is 1. The van der Waals surface area contributed by atoms with E-state index in [1.807, 2.05) is 30.3 Å². The third-order valence-electron chi connectivity index (χ3n) is 2.69. The van der Waals surface area contributed by atoms with Crippen molar-refractivity contribution in [2.45, 2.75) is 6.61 Å². The Hall–Kier alpha value is -1.51. The molecule has 0 aliphatic heterocycles. The highest BCUT2D eigenvalue weighted by Gasteiger charge is 2.08. The molecule has 0 saturated carbocycles. The molecule has 0 spiro atoms. The van der Waals surface area contributed by atoms with Crippen LogP contribution >= 0.6 is 31.9 Å². The Morgan fingerprint density at radius 3 is 2.45 bits per heavy atom. The highest BCUT2D eigenvalue weighted by molar-refractivity contribution is 9.11. The maximum absolute atomic E-state index is 8.95. The molecule has 0 radical (unpaired) electrons. The summed E-state index contributed by atoms with van der Waals surface area (Å²) < 4.78 is 12.7. The van der Waals surface area contributed by atoms with Crippen LogP contribution in [0.25, 0.3) is 0 Å². The first kappa shape index (κ1) is 14.9. The van der Waals surface area contributed by atoms with E-state index >= 15 is 0 Å². The van der Waals surface area contributed by atoms with Gasteiger partial charge < -0.3 is 9.47 Å². The molecular formula is C15H11Br2NO2. The van der Waals surface area contributed by atoms with Crippen LogP contribution < -0.4 is 9.47 Å². The van der Waals surface area contributed by atoms with Crippen molar-refractivity contribution in [2.75, 3.05) is 7.11 Å². The number of hydrogen-bond donors (Lipinski definition) is 0. The highest BCUT2D eigenvalue weighted by Crippen LogP contribution is 2.33. The van der Waals surface area contributed by atoms with E-state index in [2.05, 4.69) is 37.9 Å². The van der Waals surface area contributed by atoms with Gasteiger partial charge in [0.15, 0.2) is 0 Å². The first-order valence-corrected chi connectivity index (χ1v) is 7.38. The fourth-order valence-corrected chi connectivity index (χ4v) is 2.92. The molecule has 0 fully saturated rings. The molecule has 0 aromatic heterocycles. The lowest BCUT2D eigenvalue weighted by Gasteiger charge is -2.11. The molecule has 2 aromatic carbocycles. The predicted molar refractivity (Wildman–Crippen MR) is 83.9 cm³/mol. The van der Waals surface area contributed by atoms with Crippen LogP contribution in [0.4, 0.5) is 0 Å². The van der Waals surface area contributed by atoms with Crippen molar-refractivity contribution in [1.29, 1.82) is 5.26 Å². The Balaban J connectivity index is 2.18. The summed E-state index contributed by atoms with van der Waals surface area (Å²) in [5.74, 6) is 1.30. The van der Waals surface area contributed by atoms with Gasteiger partial charge in [0.05, 0.1) is 21.6 Å². The molecule has 0 amide bonds. The first-order chi connectivity index (χ1) is 9.65. The van der Waals surface area contributed by atoms with Gasteiger partial charge in [0, 0.05) is 0 Å². The van der Waals surface area contributed by atoms with Gasteiger partial charge >= 0.3 is 0 Å². The third-order valence-corrected chi connectivity index (χ3v) is 3.94. The Labute approximate surface area is 134 Å². The van der Waals surface area contributed by atoms with Crippen LogP contribution in [-0.4, -0.2) is 7.11 Å². The van der Waals surface area contributed by atoms with Crippen LogP contribution in [0.15, 0.2) is 45.3 Å². The number of nitrogens with zero attached hydrogens (tertiary/aromatic N) is 1. The summed E-state index contributed by atoms with van der Waals surface area (Å²) in [4.78, 5) is 0. The van der Waals surface area contributed by atoms with Gasteiger partial charge in [-0.05, 0) is 61.7 Å². The topological polar surface area (TPSA) is 42.2 Å². The second-order valence-corrected chi connectivity index (χ2v) is 5.69. The van der Waals surface area contributed by atoms with Gasteiger partial charge in [0.25, 0.3) is 0 Å². The van der Waals surface area contributed by atoms with Gasteiger partial charge in [0.1, 0.15) is 24.2 Å². The van der Waals surface area contributed by atoms with Gasteiger partial charge in [-0.2, -0.15) is 5.26 Å². The number of rotatable bonds is 4. The van der Waals surface area contributed by atoms with Crippen molar-refractivity contribution in [3.8, 4) is 17.6 Å². The van der Waals surface area contributed by atoms with Crippen molar-refractivity contribution in [3.63, 3.8) is 0 Å². The summed E-state index contributed by atoms with van der Waals surface area (Å²) in [6.07, 6.45) is 0. The summed E-state index contributed by atoms with van der Waals surface area (Å²) in [5.41, 5.74) is 1.45. The van der Waals surface area contributed by atoms with Crippen LogP contribution in [0.5, 0.6) is 11.5 Å². The summed E-state index contributed by atoms with van der Waals surface area (Å²) in [5, 5.41) is 8.95. The summed E-state index contributed by atoms with van der Waals surface area (Å²) in [7, 11) is 1.55. The minimum Gasteiger partial charge on any atom is -0.495 e. The average Bonchev–Trinajstić information content (AvgIpc) is 2.46. The molecule has 2 rings (SSSR count). The third kappa shape index (κ3) is 3.33. The van der Waals surface area contributed by atoms with E-state index in [0.29, 0.717) is 17.9 Å². The molecule has 102 valence electrons. The van der Waals surface area contributed by atoms with Crippen molar-refractivity contribution < 1.29 is 9.47 Å². The molecule has 2 aromatic rings. The average molecular weight is 397 g/mol. The zero-order valence-corrected chi connectivity index (χ0v) is 13.9. The Morgan fingerprint density at radius 2 is 1.85 bits per heavy atom. The van der Waals surface area contributed by atoms with E-state index in [0.717, 1.165) is 20.3 Å². The molecule has 5 heteroatoms. The molecular weight excluding hydrogens is 386 g/mol. The Kier molecular flexibility index (Phi) is 5.05. The van der Waals surface area contributed by atoms with Crippen molar-refractivity contribution in [1.82, 2.24) is 0 Å². The normalized spacial score (nSPS) is 9.90. The van der Waals surface area contributed by atoms with Crippen LogP contribution in [0, 0.1) is 11.3 Å². The molecule has 0 atom stereocenters. The van der Waals surface area contributed by atoms with Crippen molar-refractivity contribution in [3.05, 3.63) is 56.5 Å². The molecule has 3 nitrogen and oxygen atoms in total. The smallest absolute Gasteiger partial charge is 0.148 e. The molecule has 20 heavy (non-hydrogen) atoms. The number of benzene rings is 2. The quantitative estimate of drug-likeness (QED) is 0.753. The van der Waals surface area contributed by atoms with E-state index in [-0.39, 0.29) is 0 Å².